The molecular weight excluding hydrogens is 103 g/mol. The van der Waals surface area contributed by atoms with Crippen LogP contribution < -0.4 is 0 Å². The molecule has 0 aromatic carbocycles. The van der Waals surface area contributed by atoms with E-state index in [0.717, 1.165) is 31.6 Å². The smallest absolute Gasteiger partial charge is 0.144 e. The van der Waals surface area contributed by atoms with Crippen LogP contribution in [0, 0.1) is 12.1 Å². The Labute approximate surface area is 50.1 Å². The van der Waals surface area contributed by atoms with E-state index in [0.29, 0.717) is 0 Å². The highest BCUT2D eigenvalue weighted by Gasteiger charge is 2.17. The van der Waals surface area contributed by atoms with Crippen molar-refractivity contribution in [1.29, 1.82) is 0 Å². The quantitative estimate of drug-likeness (QED) is 0.455. The fraction of sp³-hybridized carbons (Fsp3) is 0.857. The van der Waals surface area contributed by atoms with Crippen molar-refractivity contribution >= 4 is 0 Å². The molecule has 1 saturated carbocycles. The van der Waals surface area contributed by atoms with Crippen LogP contribution in [-0.4, -0.2) is 0 Å². The van der Waals surface area contributed by atoms with Gasteiger partial charge in [0.25, 0.3) is 0 Å². The molecule has 0 N–H and O–H groups in total. The SMILES string of the molecule is CC1CC[C](F)CC1. The summed E-state index contributed by atoms with van der Waals surface area (Å²) in [6, 6.07) is 0. The molecule has 0 aromatic rings. The highest BCUT2D eigenvalue weighted by Crippen LogP contribution is 2.29. The van der Waals surface area contributed by atoms with Crippen LogP contribution in [0.2, 0.25) is 0 Å². The maximum atomic E-state index is 12.3. The first kappa shape index (κ1) is 6.06. The molecule has 0 bridgehead atoms. The largest absolute Gasteiger partial charge is 0.240 e. The van der Waals surface area contributed by atoms with Crippen LogP contribution in [0.1, 0.15) is 32.6 Å². The van der Waals surface area contributed by atoms with E-state index in [1.807, 2.05) is 0 Å². The highest BCUT2D eigenvalue weighted by molar-refractivity contribution is 4.82. The molecule has 1 radical (unpaired) electrons. The van der Waals surface area contributed by atoms with Gasteiger partial charge in [-0.15, -0.1) is 0 Å². The van der Waals surface area contributed by atoms with Crippen molar-refractivity contribution in [2.24, 2.45) is 5.92 Å². The second-order valence-electron chi connectivity index (χ2n) is 2.70. The van der Waals surface area contributed by atoms with E-state index in [1.165, 1.54) is 0 Å². The molecule has 1 aliphatic rings. The van der Waals surface area contributed by atoms with E-state index in [2.05, 4.69) is 6.92 Å². The highest BCUT2D eigenvalue weighted by atomic mass is 19.1. The summed E-state index contributed by atoms with van der Waals surface area (Å²) in [5.41, 5.74) is 0. The van der Waals surface area contributed by atoms with Crippen molar-refractivity contribution in [2.75, 3.05) is 0 Å². The minimum absolute atomic E-state index is 0.211. The minimum Gasteiger partial charge on any atom is -0.240 e. The monoisotopic (exact) mass is 115 g/mol. The molecule has 0 nitrogen and oxygen atoms in total. The summed E-state index contributed by atoms with van der Waals surface area (Å²) in [6.07, 6.45) is 3.78. The molecule has 0 aliphatic heterocycles. The van der Waals surface area contributed by atoms with Gasteiger partial charge in [0.1, 0.15) is 6.17 Å². The molecule has 1 aliphatic carbocycles. The Kier molecular flexibility index (Phi) is 1.87. The number of hydrogen-bond donors (Lipinski definition) is 0. The van der Waals surface area contributed by atoms with Crippen LogP contribution in [0.5, 0.6) is 0 Å². The summed E-state index contributed by atoms with van der Waals surface area (Å²) in [4.78, 5) is 0. The molecule has 0 unspecified atom stereocenters. The van der Waals surface area contributed by atoms with Crippen LogP contribution in [0.4, 0.5) is 4.39 Å². The maximum Gasteiger partial charge on any atom is 0.144 e. The molecule has 0 heterocycles. The lowest BCUT2D eigenvalue weighted by atomic mass is 9.90. The molecule has 0 atom stereocenters. The lowest BCUT2D eigenvalue weighted by Gasteiger charge is -2.18. The summed E-state index contributed by atoms with van der Waals surface area (Å²) in [5, 5.41) is 0. The fourth-order valence-electron chi connectivity index (χ4n) is 1.08. The van der Waals surface area contributed by atoms with Gasteiger partial charge < -0.3 is 0 Å². The molecule has 1 heteroatoms. The summed E-state index contributed by atoms with van der Waals surface area (Å²) < 4.78 is 12.3. The number of hydrogen-bond acceptors (Lipinski definition) is 0. The molecular formula is C7H12F. The lowest BCUT2D eigenvalue weighted by molar-refractivity contribution is 0.310. The fourth-order valence-corrected chi connectivity index (χ4v) is 1.08. The van der Waals surface area contributed by atoms with Crippen molar-refractivity contribution in [3.63, 3.8) is 0 Å². The molecule has 0 aromatic heterocycles. The van der Waals surface area contributed by atoms with Crippen LogP contribution in [0.3, 0.4) is 0 Å². The van der Waals surface area contributed by atoms with Crippen LogP contribution >= 0.6 is 0 Å². The average molecular weight is 115 g/mol. The molecule has 47 valence electrons. The number of halogens is 1. The van der Waals surface area contributed by atoms with E-state index in [-0.39, 0.29) is 6.17 Å². The third-order valence-electron chi connectivity index (χ3n) is 1.82. The van der Waals surface area contributed by atoms with Gasteiger partial charge in [-0.25, -0.2) is 4.39 Å². The van der Waals surface area contributed by atoms with Gasteiger partial charge in [0.05, 0.1) is 0 Å². The van der Waals surface area contributed by atoms with Gasteiger partial charge in [-0.3, -0.25) is 0 Å². The van der Waals surface area contributed by atoms with E-state index in [1.54, 1.807) is 0 Å². The Morgan fingerprint density at radius 3 is 2.25 bits per heavy atom. The summed E-state index contributed by atoms with van der Waals surface area (Å²) >= 11 is 0. The van der Waals surface area contributed by atoms with Gasteiger partial charge in [0.15, 0.2) is 0 Å². The first-order valence-corrected chi connectivity index (χ1v) is 3.29. The zero-order chi connectivity index (χ0) is 5.98. The molecule has 0 saturated heterocycles. The number of rotatable bonds is 0. The topological polar surface area (TPSA) is 0 Å². The Hall–Kier alpha value is -0.0700. The van der Waals surface area contributed by atoms with Crippen molar-refractivity contribution in [3.8, 4) is 0 Å². The van der Waals surface area contributed by atoms with E-state index < -0.39 is 0 Å². The van der Waals surface area contributed by atoms with Crippen LogP contribution in [0.25, 0.3) is 0 Å². The molecule has 1 fully saturated rings. The minimum atomic E-state index is 0.211. The van der Waals surface area contributed by atoms with Gasteiger partial charge in [-0.1, -0.05) is 6.92 Å². The van der Waals surface area contributed by atoms with Crippen molar-refractivity contribution in [2.45, 2.75) is 32.6 Å². The predicted octanol–water partition coefficient (Wildman–Crippen LogP) is 2.70. The lowest BCUT2D eigenvalue weighted by Crippen LogP contribution is -2.06. The predicted molar refractivity (Wildman–Crippen MR) is 32.0 cm³/mol. The van der Waals surface area contributed by atoms with Gasteiger partial charge in [-0.2, -0.15) is 0 Å². The Morgan fingerprint density at radius 2 is 1.88 bits per heavy atom. The first-order chi connectivity index (χ1) is 3.79. The van der Waals surface area contributed by atoms with E-state index >= 15 is 0 Å². The molecule has 8 heavy (non-hydrogen) atoms. The first-order valence-electron chi connectivity index (χ1n) is 3.29. The van der Waals surface area contributed by atoms with Gasteiger partial charge in [0.2, 0.25) is 0 Å². The van der Waals surface area contributed by atoms with Crippen molar-refractivity contribution < 1.29 is 4.39 Å². The zero-order valence-corrected chi connectivity index (χ0v) is 5.28. The second kappa shape index (κ2) is 2.47. The second-order valence-corrected chi connectivity index (χ2v) is 2.70. The van der Waals surface area contributed by atoms with Gasteiger partial charge in [0, 0.05) is 0 Å². The van der Waals surface area contributed by atoms with E-state index in [9.17, 15) is 4.39 Å². The van der Waals surface area contributed by atoms with Gasteiger partial charge in [-0.05, 0) is 31.6 Å². The molecule has 0 amide bonds. The summed E-state index contributed by atoms with van der Waals surface area (Å²) in [5.74, 6) is 0.759. The zero-order valence-electron chi connectivity index (χ0n) is 5.28. The summed E-state index contributed by atoms with van der Waals surface area (Å²) in [6.45, 7) is 2.19. The van der Waals surface area contributed by atoms with Crippen molar-refractivity contribution in [1.82, 2.24) is 0 Å². The normalized spacial score (nSPS) is 26.2. The Morgan fingerprint density at radius 1 is 1.38 bits per heavy atom. The third kappa shape index (κ3) is 1.46. The standard InChI is InChI=1S/C7H12F/c1-6-2-4-7(8)5-3-6/h6H,2-5H2,1H3. The van der Waals surface area contributed by atoms with E-state index in [4.69, 9.17) is 0 Å². The molecule has 0 spiro atoms. The Balaban J connectivity index is 2.19. The molecule has 1 rings (SSSR count). The van der Waals surface area contributed by atoms with Gasteiger partial charge >= 0.3 is 0 Å². The van der Waals surface area contributed by atoms with Crippen molar-refractivity contribution in [3.05, 3.63) is 6.17 Å². The maximum absolute atomic E-state index is 12.3. The average Bonchev–Trinajstić information content (AvgIpc) is 1.77. The third-order valence-corrected chi connectivity index (χ3v) is 1.82. The Bertz CT molecular complexity index is 52.8. The van der Waals surface area contributed by atoms with Crippen LogP contribution in [0.15, 0.2) is 0 Å². The summed E-state index contributed by atoms with van der Waals surface area (Å²) in [7, 11) is 0. The van der Waals surface area contributed by atoms with Crippen LogP contribution in [-0.2, 0) is 0 Å².